The molecule has 1 aliphatic carbocycles. The molecule has 1 saturated carbocycles. The number of H-pyrrole nitrogens is 1. The number of aromatic nitrogens is 2. The lowest BCUT2D eigenvalue weighted by Gasteiger charge is -2.49. The molecule has 0 radical (unpaired) electrons. The molecule has 3 aliphatic rings. The van der Waals surface area contributed by atoms with Gasteiger partial charge in [0.2, 0.25) is 0 Å². The van der Waals surface area contributed by atoms with E-state index in [0.29, 0.717) is 0 Å². The molecule has 2 saturated heterocycles. The van der Waals surface area contributed by atoms with Crippen LogP contribution in [-0.2, 0) is 39.2 Å². The van der Waals surface area contributed by atoms with Crippen LogP contribution in [0.2, 0.25) is 0 Å². The van der Waals surface area contributed by atoms with Crippen LogP contribution in [0, 0.1) is 11.8 Å². The van der Waals surface area contributed by atoms with Crippen molar-refractivity contribution >= 4 is 26.3 Å². The number of hydrogen-bond donors (Lipinski definition) is 9. The third-order valence-electron chi connectivity index (χ3n) is 7.26. The first-order chi connectivity index (χ1) is 20.0. The summed E-state index contributed by atoms with van der Waals surface area (Å²) in [5.41, 5.74) is 5.25. The predicted octanol–water partition coefficient (Wildman–Crippen LogP) is -3.24. The summed E-state index contributed by atoms with van der Waals surface area (Å²) < 4.78 is 38.3. The molecule has 0 spiro atoms. The molecule has 21 nitrogen and oxygen atoms in total. The molecule has 2 aliphatic heterocycles. The zero-order valence-electron chi connectivity index (χ0n) is 21.5. The van der Waals surface area contributed by atoms with E-state index in [1.54, 1.807) is 0 Å². The number of aliphatic hydroxyl groups excluding tert-OH is 5. The van der Waals surface area contributed by atoms with Crippen LogP contribution in [0.25, 0.3) is 10.4 Å². The van der Waals surface area contributed by atoms with Gasteiger partial charge in [0.25, 0.3) is 5.56 Å². The van der Waals surface area contributed by atoms with Crippen LogP contribution < -0.4 is 11.2 Å². The van der Waals surface area contributed by atoms with Gasteiger partial charge in [0, 0.05) is 17.2 Å². The molecule has 0 aromatic carbocycles. The fourth-order valence-corrected chi connectivity index (χ4v) is 8.38. The van der Waals surface area contributed by atoms with Crippen molar-refractivity contribution in [2.75, 3.05) is 13.2 Å². The van der Waals surface area contributed by atoms with Gasteiger partial charge in [0.1, 0.15) is 17.7 Å². The number of nitrogens with one attached hydrogen (secondary N) is 1. The normalized spacial score (nSPS) is 40.4. The summed E-state index contributed by atoms with van der Waals surface area (Å²) in [4.78, 5) is 49.0. The fraction of sp³-hybridized carbons (Fsp3) is 0.684. The number of ether oxygens (including phenoxy) is 2. The van der Waals surface area contributed by atoms with Gasteiger partial charge in [0.05, 0.1) is 43.4 Å². The number of phosphoric acid groups is 1. The van der Waals surface area contributed by atoms with Gasteiger partial charge in [-0.25, -0.2) is 13.7 Å². The molecule has 3 heterocycles. The molecule has 24 heteroatoms. The first kappa shape index (κ1) is 34.0. The molecule has 3 fully saturated rings. The van der Waals surface area contributed by atoms with Crippen LogP contribution in [0.4, 0.5) is 0 Å². The van der Waals surface area contributed by atoms with E-state index in [1.807, 2.05) is 4.98 Å². The minimum Gasteiger partial charge on any atom is -0.394 e. The van der Waals surface area contributed by atoms with Crippen molar-refractivity contribution in [1.82, 2.24) is 9.55 Å². The Morgan fingerprint density at radius 1 is 1.33 bits per heavy atom. The highest BCUT2D eigenvalue weighted by Gasteiger charge is 2.73. The number of phosphoric ester groups is 1. The van der Waals surface area contributed by atoms with Crippen LogP contribution in [-0.4, -0.2) is 111 Å². The number of azide groups is 1. The second-order valence-electron chi connectivity index (χ2n) is 9.71. The minimum atomic E-state index is -5.44. The maximum atomic E-state index is 12.6. The monoisotopic (exact) mass is 675 g/mol. The summed E-state index contributed by atoms with van der Waals surface area (Å²) in [6.07, 6.45) is -10.4. The lowest BCUT2D eigenvalue weighted by Crippen LogP contribution is -2.64. The van der Waals surface area contributed by atoms with Gasteiger partial charge in [-0.15, -0.1) is 6.58 Å². The van der Waals surface area contributed by atoms with Gasteiger partial charge < -0.3 is 54.4 Å². The maximum absolute atomic E-state index is 12.6. The van der Waals surface area contributed by atoms with Crippen molar-refractivity contribution < 1.29 is 67.8 Å². The van der Waals surface area contributed by atoms with Crippen LogP contribution in [0.15, 0.2) is 39.6 Å². The van der Waals surface area contributed by atoms with Gasteiger partial charge in [-0.3, -0.25) is 18.9 Å². The first-order valence-corrected chi connectivity index (χ1v) is 16.2. The fourth-order valence-electron chi connectivity index (χ4n) is 5.28. The van der Waals surface area contributed by atoms with Gasteiger partial charge >= 0.3 is 20.2 Å². The van der Waals surface area contributed by atoms with Crippen LogP contribution in [0.5, 0.6) is 0 Å². The average molecular weight is 675 g/mol. The Balaban J connectivity index is 1.45. The Morgan fingerprint density at radius 2 is 2.00 bits per heavy atom. The highest BCUT2D eigenvalue weighted by molar-refractivity contribution is 8.08. The van der Waals surface area contributed by atoms with Crippen LogP contribution >= 0.6 is 14.5 Å². The lowest BCUT2D eigenvalue weighted by atomic mass is 9.86. The average Bonchev–Trinajstić information content (AvgIpc) is 3.25. The zero-order valence-corrected chi connectivity index (χ0v) is 24.1. The van der Waals surface area contributed by atoms with Gasteiger partial charge in [-0.1, -0.05) is 11.2 Å². The van der Waals surface area contributed by atoms with Crippen molar-refractivity contribution in [2.24, 2.45) is 17.0 Å². The number of rotatable bonds is 12. The second-order valence-corrected chi connectivity index (χ2v) is 14.1. The van der Waals surface area contributed by atoms with E-state index in [1.165, 1.54) is 0 Å². The Bertz CT molecular complexity index is 1510. The van der Waals surface area contributed by atoms with E-state index in [9.17, 15) is 49.5 Å². The smallest absolute Gasteiger partial charge is 0.394 e. The third kappa shape index (κ3) is 6.05. The molecule has 9 N–H and O–H groups in total. The largest absolute Gasteiger partial charge is 0.481 e. The van der Waals surface area contributed by atoms with Crippen molar-refractivity contribution in [1.29, 1.82) is 0 Å². The number of nitrogens with zero attached hydrogens (tertiary/aromatic N) is 4. The molecule has 1 aromatic heterocycles. The molecule has 240 valence electrons. The van der Waals surface area contributed by atoms with Gasteiger partial charge in [-0.2, -0.15) is 0 Å². The molecular formula is C19H27N5O16P2S. The Labute approximate surface area is 244 Å². The molecule has 4 rings (SSSR count). The number of aromatic amines is 1. The van der Waals surface area contributed by atoms with E-state index in [0.717, 1.165) is 22.9 Å². The Morgan fingerprint density at radius 3 is 2.58 bits per heavy atom. The summed E-state index contributed by atoms with van der Waals surface area (Å²) in [5.74, 6) is -5.70. The van der Waals surface area contributed by atoms with Crippen LogP contribution in [0.3, 0.4) is 0 Å². The summed E-state index contributed by atoms with van der Waals surface area (Å²) in [5, 5.41) is 64.5. The lowest BCUT2D eigenvalue weighted by molar-refractivity contribution is -0.427. The molecule has 0 bridgehead atoms. The topological polar surface area (TPSA) is 329 Å². The van der Waals surface area contributed by atoms with E-state index in [-0.39, 0.29) is 0 Å². The minimum absolute atomic E-state index is 0.764. The van der Waals surface area contributed by atoms with Gasteiger partial charge in [0.15, 0.2) is 18.3 Å². The third-order valence-corrected chi connectivity index (χ3v) is 10.8. The Kier molecular flexibility index (Phi) is 9.58. The standard InChI is InChI=1S/C19H27N5O16P2S/c1-2-18(22-23-20)14(30)8(37-16(18)24-4-3-9(27)21-17(24)31)6-36-42(35,43)40-41(33,34)39-15-11-13(29)12(28)10(7(26)5-25)19(11,32)38-15/h2-4,7-8,10-16,25-26,28-30,32H,1,5-6H2,(H,33,34)(H,35,43)(H,21,27,31)/t7-,8+,10?,11?,12?,13?,14+,15?,16+,18+,19?,42?/m0/s1. The number of aliphatic hydroxyl groups is 6. The molecule has 8 unspecified atom stereocenters. The second kappa shape index (κ2) is 12.1. The number of hydrogen-bond acceptors (Lipinski definition) is 16. The van der Waals surface area contributed by atoms with Crippen molar-refractivity contribution in [3.05, 3.63) is 56.2 Å². The zero-order chi connectivity index (χ0) is 32.1. The van der Waals surface area contributed by atoms with Crippen molar-refractivity contribution in [2.45, 2.75) is 54.4 Å². The van der Waals surface area contributed by atoms with E-state index < -0.39 is 105 Å². The highest BCUT2D eigenvalue weighted by Crippen LogP contribution is 2.65. The first-order valence-electron chi connectivity index (χ1n) is 12.1. The molecular weight excluding hydrogens is 648 g/mol. The molecule has 13 atom stereocenters. The van der Waals surface area contributed by atoms with E-state index >= 15 is 0 Å². The SMILES string of the molecule is C=C[C@@]1(N=[N+]=[N-])[C@H](O)[C@@H](COP(O)(=S)OP(=O)(O)OC2OC3(O)C2C(O)C(O)C3[C@@H](O)CO)O[C@H]1n1ccc(=O)[nH]c1=O. The van der Waals surface area contributed by atoms with E-state index in [2.05, 4.69) is 20.9 Å². The summed E-state index contributed by atoms with van der Waals surface area (Å²) in [6, 6.07) is 0.942. The van der Waals surface area contributed by atoms with Crippen LogP contribution in [0.1, 0.15) is 6.23 Å². The highest BCUT2D eigenvalue weighted by atomic mass is 32.5. The number of fused-ring (bicyclic) bond motifs is 1. The van der Waals surface area contributed by atoms with Crippen molar-refractivity contribution in [3.8, 4) is 0 Å². The summed E-state index contributed by atoms with van der Waals surface area (Å²) >= 11 is 4.73. The Hall–Kier alpha value is -1.91. The summed E-state index contributed by atoms with van der Waals surface area (Å²) in [6.45, 7) is -3.08. The molecule has 1 aromatic rings. The summed E-state index contributed by atoms with van der Waals surface area (Å²) in [7, 11) is -5.44. The van der Waals surface area contributed by atoms with Gasteiger partial charge in [-0.05, 0) is 17.3 Å². The quantitative estimate of drug-likeness (QED) is 0.0345. The predicted molar refractivity (Wildman–Crippen MR) is 140 cm³/mol. The van der Waals surface area contributed by atoms with E-state index in [4.69, 9.17) is 41.0 Å². The molecule has 0 amide bonds. The molecule has 43 heavy (non-hydrogen) atoms. The maximum Gasteiger partial charge on any atom is 0.481 e. The van der Waals surface area contributed by atoms with Crippen molar-refractivity contribution in [3.63, 3.8) is 0 Å².